The van der Waals surface area contributed by atoms with Crippen molar-refractivity contribution in [2.75, 3.05) is 44.8 Å². The van der Waals surface area contributed by atoms with E-state index in [1.165, 1.54) is 11.3 Å². The molecule has 1 aromatic carbocycles. The first-order chi connectivity index (χ1) is 12.6. The molecule has 3 rings (SSSR count). The van der Waals surface area contributed by atoms with Gasteiger partial charge in [0.05, 0.1) is 12.8 Å². The number of carbonyl (C=O) groups is 2. The Morgan fingerprint density at radius 2 is 1.85 bits per heavy atom. The molecule has 0 bridgehead atoms. The van der Waals surface area contributed by atoms with E-state index in [1.54, 1.807) is 12.0 Å². The van der Waals surface area contributed by atoms with E-state index in [4.69, 9.17) is 9.47 Å². The molecule has 0 radical (unpaired) electrons. The number of thiophene rings is 1. The minimum atomic E-state index is -0.432. The Hall–Kier alpha value is -2.54. The molecule has 138 valence electrons. The molecule has 0 saturated carbocycles. The van der Waals surface area contributed by atoms with E-state index in [9.17, 15) is 9.59 Å². The molecule has 7 heteroatoms. The molecule has 2 aromatic rings. The van der Waals surface area contributed by atoms with Gasteiger partial charge in [-0.25, -0.2) is 4.79 Å². The second-order valence-electron chi connectivity index (χ2n) is 6.05. The minimum absolute atomic E-state index is 0.160. The summed E-state index contributed by atoms with van der Waals surface area (Å²) in [4.78, 5) is 28.8. The fourth-order valence-corrected chi connectivity index (χ4v) is 3.77. The van der Waals surface area contributed by atoms with Crippen LogP contribution >= 0.6 is 11.3 Å². The van der Waals surface area contributed by atoms with Gasteiger partial charge in [-0.3, -0.25) is 4.79 Å². The normalized spacial score (nSPS) is 14.2. The highest BCUT2D eigenvalue weighted by molar-refractivity contribution is 7.12. The van der Waals surface area contributed by atoms with Gasteiger partial charge in [0, 0.05) is 26.2 Å². The van der Waals surface area contributed by atoms with Crippen molar-refractivity contribution in [1.29, 1.82) is 0 Å². The number of ether oxygens (including phenoxy) is 2. The molecule has 26 heavy (non-hydrogen) atoms. The first-order valence-corrected chi connectivity index (χ1v) is 9.35. The van der Waals surface area contributed by atoms with Crippen LogP contribution in [0.5, 0.6) is 5.75 Å². The summed E-state index contributed by atoms with van der Waals surface area (Å²) in [6.45, 7) is 4.24. The molecule has 1 aliphatic heterocycles. The van der Waals surface area contributed by atoms with Crippen LogP contribution in [0.3, 0.4) is 0 Å². The molecule has 0 aliphatic carbocycles. The van der Waals surface area contributed by atoms with Crippen LogP contribution in [0.2, 0.25) is 0 Å². The number of hydrogen-bond donors (Lipinski definition) is 0. The molecule has 1 amide bonds. The molecule has 1 fully saturated rings. The van der Waals surface area contributed by atoms with Crippen molar-refractivity contribution in [2.24, 2.45) is 0 Å². The first kappa shape index (κ1) is 18.3. The highest BCUT2D eigenvalue weighted by Gasteiger charge is 2.24. The van der Waals surface area contributed by atoms with Crippen molar-refractivity contribution >= 4 is 28.9 Å². The molecule has 6 nitrogen and oxygen atoms in total. The number of aryl methyl sites for hydroxylation is 1. The van der Waals surface area contributed by atoms with Gasteiger partial charge in [-0.15, -0.1) is 11.3 Å². The average Bonchev–Trinajstić information content (AvgIpc) is 3.12. The summed E-state index contributed by atoms with van der Waals surface area (Å²) in [7, 11) is 1.66. The Morgan fingerprint density at radius 1 is 1.12 bits per heavy atom. The second-order valence-corrected chi connectivity index (χ2v) is 6.96. The number of piperazine rings is 1. The van der Waals surface area contributed by atoms with E-state index in [1.807, 2.05) is 42.6 Å². The Bertz CT molecular complexity index is 781. The van der Waals surface area contributed by atoms with Crippen LogP contribution in [0, 0.1) is 6.92 Å². The van der Waals surface area contributed by atoms with Crippen molar-refractivity contribution < 1.29 is 19.1 Å². The van der Waals surface area contributed by atoms with Crippen LogP contribution in [-0.4, -0.2) is 56.7 Å². The zero-order valence-electron chi connectivity index (χ0n) is 14.9. The predicted octanol–water partition coefficient (Wildman–Crippen LogP) is 2.57. The molecule has 1 aromatic heterocycles. The maximum atomic E-state index is 12.3. The van der Waals surface area contributed by atoms with Crippen LogP contribution in [0.15, 0.2) is 35.7 Å². The van der Waals surface area contributed by atoms with Crippen LogP contribution in [-0.2, 0) is 9.53 Å². The fourth-order valence-electron chi connectivity index (χ4n) is 2.95. The van der Waals surface area contributed by atoms with Gasteiger partial charge in [-0.1, -0.05) is 12.1 Å². The SMILES string of the molecule is COc1ccccc1N1CCN(C(=O)COC(=O)c2sccc2C)CC1. The molecule has 1 saturated heterocycles. The molecular weight excluding hydrogens is 352 g/mol. The Labute approximate surface area is 156 Å². The summed E-state index contributed by atoms with van der Waals surface area (Å²) in [6, 6.07) is 9.72. The van der Waals surface area contributed by atoms with Crippen molar-refractivity contribution in [1.82, 2.24) is 4.90 Å². The number of hydrogen-bond acceptors (Lipinski definition) is 6. The van der Waals surface area contributed by atoms with E-state index >= 15 is 0 Å². The molecule has 1 aliphatic rings. The number of benzene rings is 1. The Balaban J connectivity index is 1.51. The van der Waals surface area contributed by atoms with Crippen molar-refractivity contribution in [3.63, 3.8) is 0 Å². The topological polar surface area (TPSA) is 59.1 Å². The maximum Gasteiger partial charge on any atom is 0.349 e. The quantitative estimate of drug-likeness (QED) is 0.753. The number of amides is 1. The third kappa shape index (κ3) is 3.99. The lowest BCUT2D eigenvalue weighted by atomic mass is 10.2. The summed E-state index contributed by atoms with van der Waals surface area (Å²) >= 11 is 1.33. The Morgan fingerprint density at radius 3 is 2.50 bits per heavy atom. The smallest absolute Gasteiger partial charge is 0.349 e. The summed E-state index contributed by atoms with van der Waals surface area (Å²) in [5, 5.41) is 1.84. The average molecular weight is 374 g/mol. The summed E-state index contributed by atoms with van der Waals surface area (Å²) in [5.74, 6) is 0.235. The van der Waals surface area contributed by atoms with E-state index in [2.05, 4.69) is 4.90 Å². The van der Waals surface area contributed by atoms with Gasteiger partial charge < -0.3 is 19.3 Å². The number of nitrogens with zero attached hydrogens (tertiary/aromatic N) is 2. The minimum Gasteiger partial charge on any atom is -0.495 e. The zero-order chi connectivity index (χ0) is 18.5. The number of rotatable bonds is 5. The maximum absolute atomic E-state index is 12.3. The van der Waals surface area contributed by atoms with E-state index in [0.29, 0.717) is 31.1 Å². The van der Waals surface area contributed by atoms with E-state index in [-0.39, 0.29) is 12.5 Å². The van der Waals surface area contributed by atoms with Crippen molar-refractivity contribution in [3.05, 3.63) is 46.2 Å². The molecule has 0 spiro atoms. The monoisotopic (exact) mass is 374 g/mol. The van der Waals surface area contributed by atoms with Gasteiger partial charge in [0.1, 0.15) is 10.6 Å². The number of methoxy groups -OCH3 is 1. The van der Waals surface area contributed by atoms with Gasteiger partial charge in [0.2, 0.25) is 0 Å². The number of anilines is 1. The summed E-state index contributed by atoms with van der Waals surface area (Å²) < 4.78 is 10.6. The van der Waals surface area contributed by atoms with Gasteiger partial charge in [0.15, 0.2) is 6.61 Å². The molecule has 0 N–H and O–H groups in total. The second kappa shape index (κ2) is 8.23. The van der Waals surface area contributed by atoms with E-state index in [0.717, 1.165) is 17.0 Å². The molecule has 2 heterocycles. The van der Waals surface area contributed by atoms with Crippen molar-refractivity contribution in [3.8, 4) is 5.75 Å². The van der Waals surface area contributed by atoms with Gasteiger partial charge in [-0.05, 0) is 36.1 Å². The first-order valence-electron chi connectivity index (χ1n) is 8.47. The van der Waals surface area contributed by atoms with E-state index < -0.39 is 5.97 Å². The van der Waals surface area contributed by atoms with Crippen molar-refractivity contribution in [2.45, 2.75) is 6.92 Å². The van der Waals surface area contributed by atoms with Gasteiger partial charge in [-0.2, -0.15) is 0 Å². The number of esters is 1. The predicted molar refractivity (Wildman–Crippen MR) is 101 cm³/mol. The molecule has 0 atom stereocenters. The van der Waals surface area contributed by atoms with Gasteiger partial charge >= 0.3 is 5.97 Å². The number of carbonyl (C=O) groups excluding carboxylic acids is 2. The zero-order valence-corrected chi connectivity index (χ0v) is 15.8. The van der Waals surface area contributed by atoms with Gasteiger partial charge in [0.25, 0.3) is 5.91 Å². The fraction of sp³-hybridized carbons (Fsp3) is 0.368. The lowest BCUT2D eigenvalue weighted by molar-refractivity contribution is -0.134. The third-order valence-electron chi connectivity index (χ3n) is 4.43. The third-order valence-corrected chi connectivity index (χ3v) is 5.43. The van der Waals surface area contributed by atoms with Crippen LogP contribution in [0.4, 0.5) is 5.69 Å². The highest BCUT2D eigenvalue weighted by atomic mass is 32.1. The lowest BCUT2D eigenvalue weighted by Gasteiger charge is -2.36. The van der Waals surface area contributed by atoms with Crippen LogP contribution in [0.25, 0.3) is 0 Å². The van der Waals surface area contributed by atoms with Crippen LogP contribution < -0.4 is 9.64 Å². The van der Waals surface area contributed by atoms with Crippen LogP contribution in [0.1, 0.15) is 15.2 Å². The lowest BCUT2D eigenvalue weighted by Crippen LogP contribution is -2.50. The highest BCUT2D eigenvalue weighted by Crippen LogP contribution is 2.28. The molecular formula is C19H22N2O4S. The Kier molecular flexibility index (Phi) is 5.78. The molecule has 0 unspecified atom stereocenters. The standard InChI is InChI=1S/C19H22N2O4S/c1-14-7-12-26-18(14)19(23)25-13-17(22)21-10-8-20(9-11-21)15-5-3-4-6-16(15)24-2/h3-7,12H,8-11,13H2,1-2H3. The summed E-state index contributed by atoms with van der Waals surface area (Å²) in [5.41, 5.74) is 1.90. The number of para-hydroxylation sites is 2. The summed E-state index contributed by atoms with van der Waals surface area (Å²) in [6.07, 6.45) is 0. The largest absolute Gasteiger partial charge is 0.495 e.